The van der Waals surface area contributed by atoms with Crippen molar-refractivity contribution in [3.05, 3.63) is 0 Å². The van der Waals surface area contributed by atoms with Gasteiger partial charge in [-0.05, 0) is 6.92 Å². The lowest BCUT2D eigenvalue weighted by Crippen LogP contribution is -2.07. The van der Waals surface area contributed by atoms with Crippen molar-refractivity contribution >= 4 is 15.9 Å². The van der Waals surface area contributed by atoms with E-state index in [1.165, 1.54) is 6.92 Å². The summed E-state index contributed by atoms with van der Waals surface area (Å²) in [4.78, 5) is 10.1. The molecular formula is C5H11O4S-. The zero-order valence-corrected chi connectivity index (χ0v) is 5.77. The van der Waals surface area contributed by atoms with Crippen LogP contribution in [0.5, 0.6) is 0 Å². The Morgan fingerprint density at radius 2 is 1.90 bits per heavy atom. The van der Waals surface area contributed by atoms with Crippen molar-refractivity contribution in [2.45, 2.75) is 20.8 Å². The molecule has 0 fully saturated rings. The van der Waals surface area contributed by atoms with Crippen molar-refractivity contribution in [2.75, 3.05) is 5.75 Å². The summed E-state index contributed by atoms with van der Waals surface area (Å²) >= 11 is 0. The minimum absolute atomic E-state index is 0. The van der Waals surface area contributed by atoms with Gasteiger partial charge in [-0.3, -0.25) is 4.79 Å². The molecule has 0 spiro atoms. The first-order chi connectivity index (χ1) is 3.92. The van der Waals surface area contributed by atoms with Gasteiger partial charge in [-0.15, -0.1) is 0 Å². The normalized spacial score (nSPS) is 10.2. The Kier molecular flexibility index (Phi) is 5.41. The average molecular weight is 167 g/mol. The van der Waals surface area contributed by atoms with Crippen molar-refractivity contribution in [1.29, 1.82) is 0 Å². The van der Waals surface area contributed by atoms with Gasteiger partial charge in [0.1, 0.15) is 5.78 Å². The number of carbonyl (C=O) groups excluding carboxylic acids is 1. The van der Waals surface area contributed by atoms with E-state index >= 15 is 0 Å². The monoisotopic (exact) mass is 167 g/mol. The summed E-state index contributed by atoms with van der Waals surface area (Å²) in [5, 5.41) is 0. The number of hydrogen-bond donors (Lipinski definition) is 0. The molecule has 0 aromatic carbocycles. The Labute approximate surface area is 61.0 Å². The lowest BCUT2D eigenvalue weighted by atomic mass is 10.4. The summed E-state index contributed by atoms with van der Waals surface area (Å²) in [6.07, 6.45) is -0.175. The number of Topliss-reactive ketones (excluding diaryl/α,β-unsaturated/α-hetero) is 1. The lowest BCUT2D eigenvalue weighted by molar-refractivity contribution is -0.116. The molecule has 62 valence electrons. The topological polar surface area (TPSA) is 74.3 Å². The highest BCUT2D eigenvalue weighted by Gasteiger charge is 1.97. The fourth-order valence-electron chi connectivity index (χ4n) is 0.269. The number of carbonyl (C=O) groups is 1. The third-order valence-electron chi connectivity index (χ3n) is 0.704. The molecule has 0 aromatic heterocycles. The van der Waals surface area contributed by atoms with Gasteiger partial charge in [-0.2, -0.15) is 0 Å². The minimum Gasteiger partial charge on any atom is -0.748 e. The van der Waals surface area contributed by atoms with Crippen LogP contribution in [0.15, 0.2) is 0 Å². The van der Waals surface area contributed by atoms with Crippen LogP contribution in [0.2, 0.25) is 0 Å². The van der Waals surface area contributed by atoms with Crippen LogP contribution >= 0.6 is 0 Å². The van der Waals surface area contributed by atoms with Crippen molar-refractivity contribution < 1.29 is 17.8 Å². The highest BCUT2D eigenvalue weighted by molar-refractivity contribution is 7.85. The summed E-state index contributed by atoms with van der Waals surface area (Å²) < 4.78 is 29.5. The van der Waals surface area contributed by atoms with E-state index in [-0.39, 0.29) is 19.6 Å². The van der Waals surface area contributed by atoms with Gasteiger partial charge in [-0.1, -0.05) is 7.43 Å². The summed E-state index contributed by atoms with van der Waals surface area (Å²) in [5.74, 6) is -0.864. The first-order valence-corrected chi connectivity index (χ1v) is 3.92. The summed E-state index contributed by atoms with van der Waals surface area (Å²) in [6.45, 7) is 1.24. The zero-order chi connectivity index (χ0) is 7.49. The van der Waals surface area contributed by atoms with Gasteiger partial charge in [0.2, 0.25) is 0 Å². The van der Waals surface area contributed by atoms with Crippen molar-refractivity contribution in [1.82, 2.24) is 0 Å². The Hall–Kier alpha value is -0.420. The molecule has 4 nitrogen and oxygen atoms in total. The number of rotatable bonds is 3. The van der Waals surface area contributed by atoms with Gasteiger partial charge in [0.15, 0.2) is 0 Å². The van der Waals surface area contributed by atoms with Crippen LogP contribution in [0.3, 0.4) is 0 Å². The molecule has 0 rings (SSSR count). The summed E-state index contributed by atoms with van der Waals surface area (Å²) in [5.41, 5.74) is 0. The molecule has 0 aliphatic heterocycles. The zero-order valence-electron chi connectivity index (χ0n) is 4.96. The van der Waals surface area contributed by atoms with E-state index in [2.05, 4.69) is 0 Å². The fraction of sp³-hybridized carbons (Fsp3) is 0.800. The van der Waals surface area contributed by atoms with Crippen molar-refractivity contribution in [3.8, 4) is 0 Å². The van der Waals surface area contributed by atoms with E-state index < -0.39 is 15.9 Å². The fourth-order valence-corrected chi connectivity index (χ4v) is 0.806. The highest BCUT2D eigenvalue weighted by Crippen LogP contribution is 1.87. The third kappa shape index (κ3) is 10.5. The molecule has 0 amide bonds. The van der Waals surface area contributed by atoms with Crippen LogP contribution in [0.25, 0.3) is 0 Å². The van der Waals surface area contributed by atoms with Crippen LogP contribution in [0.1, 0.15) is 20.8 Å². The van der Waals surface area contributed by atoms with E-state index in [0.717, 1.165) is 0 Å². The van der Waals surface area contributed by atoms with Crippen LogP contribution in [-0.4, -0.2) is 24.5 Å². The molecule has 10 heavy (non-hydrogen) atoms. The van der Waals surface area contributed by atoms with Crippen LogP contribution in [-0.2, 0) is 14.9 Å². The van der Waals surface area contributed by atoms with Crippen LogP contribution in [0.4, 0.5) is 0 Å². The van der Waals surface area contributed by atoms with E-state index in [1.807, 2.05) is 0 Å². The second-order valence-electron chi connectivity index (χ2n) is 1.71. The van der Waals surface area contributed by atoms with Crippen molar-refractivity contribution in [3.63, 3.8) is 0 Å². The molecule has 0 heterocycles. The molecular weight excluding hydrogens is 156 g/mol. The van der Waals surface area contributed by atoms with E-state index in [0.29, 0.717) is 0 Å². The van der Waals surface area contributed by atoms with E-state index in [1.54, 1.807) is 0 Å². The third-order valence-corrected chi connectivity index (χ3v) is 1.41. The lowest BCUT2D eigenvalue weighted by Gasteiger charge is -2.02. The van der Waals surface area contributed by atoms with Crippen molar-refractivity contribution in [2.24, 2.45) is 0 Å². The van der Waals surface area contributed by atoms with Gasteiger partial charge in [-0.25, -0.2) is 8.42 Å². The maximum Gasteiger partial charge on any atom is 0.130 e. The van der Waals surface area contributed by atoms with Gasteiger partial charge in [0.25, 0.3) is 0 Å². The molecule has 0 saturated heterocycles. The van der Waals surface area contributed by atoms with Crippen LogP contribution < -0.4 is 0 Å². The molecule has 0 aliphatic carbocycles. The number of ketones is 1. The Morgan fingerprint density at radius 3 is 2.00 bits per heavy atom. The Morgan fingerprint density at radius 1 is 1.50 bits per heavy atom. The molecule has 0 aliphatic rings. The largest absolute Gasteiger partial charge is 0.748 e. The second kappa shape index (κ2) is 4.40. The van der Waals surface area contributed by atoms with Gasteiger partial charge in [0.05, 0.1) is 10.1 Å². The minimum atomic E-state index is -4.19. The standard InChI is InChI=1S/C4H8O4S.CH4/c1-4(5)2-3-9(6,7)8;/h2-3H2,1H3,(H,6,7,8);1H4/p-1. The molecule has 0 atom stereocenters. The first kappa shape index (κ1) is 12.3. The molecule has 0 unspecified atom stereocenters. The molecule has 0 radical (unpaired) electrons. The maximum atomic E-state index is 10.1. The number of hydrogen-bond acceptors (Lipinski definition) is 4. The molecule has 5 heteroatoms. The predicted octanol–water partition coefficient (Wildman–Crippen LogP) is 0.147. The molecule has 0 N–H and O–H groups in total. The predicted molar refractivity (Wildman–Crippen MR) is 36.6 cm³/mol. The quantitative estimate of drug-likeness (QED) is 0.560. The summed E-state index contributed by atoms with van der Waals surface area (Å²) in [6, 6.07) is 0. The second-order valence-corrected chi connectivity index (χ2v) is 3.24. The highest BCUT2D eigenvalue weighted by atomic mass is 32.2. The molecule has 0 aromatic rings. The maximum absolute atomic E-state index is 10.1. The Balaban J connectivity index is 0. The summed E-state index contributed by atoms with van der Waals surface area (Å²) in [7, 11) is -4.19. The molecule has 0 bridgehead atoms. The first-order valence-electron chi connectivity index (χ1n) is 2.35. The SMILES string of the molecule is C.CC(=O)CCS(=O)(=O)[O-]. The Bertz CT molecular complexity index is 192. The van der Waals surface area contributed by atoms with Gasteiger partial charge >= 0.3 is 0 Å². The smallest absolute Gasteiger partial charge is 0.130 e. The van der Waals surface area contributed by atoms with E-state index in [9.17, 15) is 17.8 Å². The van der Waals surface area contributed by atoms with Gasteiger partial charge in [0, 0.05) is 12.2 Å². The van der Waals surface area contributed by atoms with Gasteiger partial charge < -0.3 is 4.55 Å². The van der Waals surface area contributed by atoms with Crippen LogP contribution in [0, 0.1) is 0 Å². The molecule has 0 saturated carbocycles. The average Bonchev–Trinajstić information content (AvgIpc) is 1.59. The van der Waals surface area contributed by atoms with E-state index in [4.69, 9.17) is 0 Å².